The highest BCUT2D eigenvalue weighted by Gasteiger charge is 2.22. The second-order valence-corrected chi connectivity index (χ2v) is 8.81. The van der Waals surface area contributed by atoms with E-state index in [0.29, 0.717) is 6.54 Å². The molecule has 0 spiro atoms. The van der Waals surface area contributed by atoms with Gasteiger partial charge in [-0.15, -0.1) is 0 Å². The minimum absolute atomic E-state index is 0.0130. The molecule has 32 heavy (non-hydrogen) atoms. The van der Waals surface area contributed by atoms with Gasteiger partial charge in [-0.2, -0.15) is 0 Å². The predicted molar refractivity (Wildman–Crippen MR) is 127 cm³/mol. The van der Waals surface area contributed by atoms with Gasteiger partial charge in [0.2, 0.25) is 0 Å². The van der Waals surface area contributed by atoms with Crippen LogP contribution in [0.1, 0.15) is 41.2 Å². The second-order valence-electron chi connectivity index (χ2n) is 8.81. The first-order valence-corrected chi connectivity index (χ1v) is 10.7. The van der Waals surface area contributed by atoms with Crippen LogP contribution in [0.5, 0.6) is 5.75 Å². The van der Waals surface area contributed by atoms with E-state index in [1.54, 1.807) is 13.8 Å². The number of ether oxygens (including phenoxy) is 1. The molecule has 1 aliphatic heterocycles. The molecule has 3 heterocycles. The molecule has 162 valence electrons. The number of benzene rings is 2. The maximum atomic E-state index is 12.4. The smallest absolute Gasteiger partial charge is 0.253 e. The molecule has 0 bridgehead atoms. The van der Waals surface area contributed by atoms with Crippen molar-refractivity contribution in [3.05, 3.63) is 71.2 Å². The van der Waals surface area contributed by atoms with Crippen molar-refractivity contribution in [3.8, 4) is 5.75 Å². The molecule has 0 aliphatic carbocycles. The van der Waals surface area contributed by atoms with Crippen LogP contribution in [0.3, 0.4) is 0 Å². The maximum absolute atomic E-state index is 12.4. The number of amides is 1. The Labute approximate surface area is 185 Å². The van der Waals surface area contributed by atoms with E-state index < -0.39 is 5.60 Å². The van der Waals surface area contributed by atoms with E-state index >= 15 is 0 Å². The number of aromatic amines is 1. The van der Waals surface area contributed by atoms with Crippen molar-refractivity contribution in [2.75, 3.05) is 13.2 Å². The maximum Gasteiger partial charge on any atom is 0.253 e. The van der Waals surface area contributed by atoms with Gasteiger partial charge in [0.1, 0.15) is 12.4 Å². The molecule has 4 aromatic rings. The highest BCUT2D eigenvalue weighted by atomic mass is 16.5. The third-order valence-corrected chi connectivity index (χ3v) is 5.58. The zero-order chi connectivity index (χ0) is 22.3. The highest BCUT2D eigenvalue weighted by molar-refractivity contribution is 6.15. The monoisotopic (exact) mass is 427 g/mol. The lowest BCUT2D eigenvalue weighted by Gasteiger charge is -2.17. The Morgan fingerprint density at radius 3 is 2.72 bits per heavy atom. The number of carbonyl (C=O) groups excluding carboxylic acids is 1. The van der Waals surface area contributed by atoms with E-state index in [2.05, 4.69) is 21.4 Å². The molecule has 6 nitrogen and oxygen atoms in total. The molecule has 0 atom stereocenters. The van der Waals surface area contributed by atoms with Crippen molar-refractivity contribution in [2.45, 2.75) is 25.9 Å². The minimum atomic E-state index is -0.867. The molecule has 0 unspecified atom stereocenters. The fraction of sp³-hybridized carbons (Fsp3) is 0.231. The Morgan fingerprint density at radius 2 is 1.94 bits per heavy atom. The average molecular weight is 428 g/mol. The van der Waals surface area contributed by atoms with Gasteiger partial charge >= 0.3 is 0 Å². The summed E-state index contributed by atoms with van der Waals surface area (Å²) in [7, 11) is 0. The van der Waals surface area contributed by atoms with Gasteiger partial charge in [-0.1, -0.05) is 30.3 Å². The molecule has 0 saturated heterocycles. The molecule has 3 N–H and O–H groups in total. The molecule has 5 rings (SSSR count). The lowest BCUT2D eigenvalue weighted by atomic mass is 10.0. The average Bonchev–Trinajstić information content (AvgIpc) is 3.17. The number of hydrogen-bond donors (Lipinski definition) is 3. The summed E-state index contributed by atoms with van der Waals surface area (Å²) in [6, 6.07) is 13.8. The number of fused-ring (bicyclic) bond motifs is 5. The quantitative estimate of drug-likeness (QED) is 0.443. The molecular formula is C26H25N3O3. The Bertz CT molecular complexity index is 1350. The van der Waals surface area contributed by atoms with Crippen molar-refractivity contribution < 1.29 is 14.6 Å². The first-order valence-electron chi connectivity index (χ1n) is 10.7. The van der Waals surface area contributed by atoms with Crippen LogP contribution in [0, 0.1) is 0 Å². The second kappa shape index (κ2) is 7.80. The van der Waals surface area contributed by atoms with Crippen molar-refractivity contribution in [3.63, 3.8) is 0 Å². The van der Waals surface area contributed by atoms with Crippen molar-refractivity contribution in [1.82, 2.24) is 15.3 Å². The summed E-state index contributed by atoms with van der Waals surface area (Å²) in [5, 5.41) is 15.7. The highest BCUT2D eigenvalue weighted by Crippen LogP contribution is 2.31. The zero-order valence-corrected chi connectivity index (χ0v) is 18.1. The number of H-pyrrole nitrogens is 1. The van der Waals surface area contributed by atoms with E-state index in [9.17, 15) is 9.90 Å². The van der Waals surface area contributed by atoms with Gasteiger partial charge < -0.3 is 20.1 Å². The lowest BCUT2D eigenvalue weighted by Crippen LogP contribution is -2.31. The summed E-state index contributed by atoms with van der Waals surface area (Å²) in [5.41, 5.74) is 3.73. The molecule has 2 aromatic heterocycles. The summed E-state index contributed by atoms with van der Waals surface area (Å²) in [4.78, 5) is 20.4. The van der Waals surface area contributed by atoms with Crippen molar-refractivity contribution in [1.29, 1.82) is 0 Å². The molecule has 0 radical (unpaired) electrons. The van der Waals surface area contributed by atoms with Gasteiger partial charge in [0.05, 0.1) is 22.4 Å². The van der Waals surface area contributed by atoms with Gasteiger partial charge in [0.25, 0.3) is 5.91 Å². The normalized spacial score (nSPS) is 14.2. The SMILES string of the molecule is CC(C)(O)COc1ccc(/C=C/c2cc3c(ccc4c5c([nH]c43)CCNC5=O)cn2)cc1. The number of nitrogens with one attached hydrogen (secondary N) is 2. The zero-order valence-electron chi connectivity index (χ0n) is 18.1. The molecule has 0 saturated carbocycles. The summed E-state index contributed by atoms with van der Waals surface area (Å²) >= 11 is 0. The Morgan fingerprint density at radius 1 is 1.12 bits per heavy atom. The van der Waals surface area contributed by atoms with E-state index in [4.69, 9.17) is 4.74 Å². The van der Waals surface area contributed by atoms with Crippen LogP contribution < -0.4 is 10.1 Å². The minimum Gasteiger partial charge on any atom is -0.491 e. The largest absolute Gasteiger partial charge is 0.491 e. The predicted octanol–water partition coefficient (Wildman–Crippen LogP) is 4.32. The summed E-state index contributed by atoms with van der Waals surface area (Å²) in [6.45, 7) is 4.33. The number of aromatic nitrogens is 2. The van der Waals surface area contributed by atoms with Crippen LogP contribution in [0.25, 0.3) is 33.8 Å². The fourth-order valence-electron chi connectivity index (χ4n) is 4.00. The Balaban J connectivity index is 1.43. The summed E-state index contributed by atoms with van der Waals surface area (Å²) in [6.07, 6.45) is 6.65. The van der Waals surface area contributed by atoms with Crippen LogP contribution in [0.2, 0.25) is 0 Å². The number of hydrogen-bond acceptors (Lipinski definition) is 4. The van der Waals surface area contributed by atoms with Crippen molar-refractivity contribution in [2.24, 2.45) is 0 Å². The standard InChI is InChI=1S/C26H25N3O3/c1-26(2,31)15-32-19-8-4-16(5-9-19)3-7-18-13-21-17(14-28-18)6-10-20-23-22(29-24(20)21)11-12-27-25(23)30/h3-10,13-14,29,31H,11-12,15H2,1-2H3,(H,27,30)/b7-3+. The van der Waals surface area contributed by atoms with Gasteiger partial charge in [-0.25, -0.2) is 0 Å². The molecule has 6 heteroatoms. The number of pyridine rings is 1. The van der Waals surface area contributed by atoms with Crippen molar-refractivity contribution >= 4 is 39.7 Å². The van der Waals surface area contributed by atoms with E-state index in [0.717, 1.165) is 56.4 Å². The molecule has 0 fully saturated rings. The summed E-state index contributed by atoms with van der Waals surface area (Å²) in [5.74, 6) is 0.705. The molecule has 1 amide bonds. The van der Waals surface area contributed by atoms with E-state index in [-0.39, 0.29) is 12.5 Å². The number of rotatable bonds is 5. The molecule has 1 aliphatic rings. The molecule has 2 aromatic carbocycles. The third kappa shape index (κ3) is 3.97. The number of aliphatic hydroxyl groups is 1. The van der Waals surface area contributed by atoms with E-state index in [1.807, 2.05) is 54.7 Å². The molecular weight excluding hydrogens is 402 g/mol. The van der Waals surface area contributed by atoms with Crippen LogP contribution in [0.4, 0.5) is 0 Å². The Kier molecular flexibility index (Phi) is 4.94. The Hall–Kier alpha value is -3.64. The van der Waals surface area contributed by atoms with Gasteiger partial charge in [-0.05, 0) is 43.7 Å². The first-order chi connectivity index (χ1) is 15.4. The number of nitrogens with zero attached hydrogens (tertiary/aromatic N) is 1. The van der Waals surface area contributed by atoms with Crippen LogP contribution in [-0.2, 0) is 6.42 Å². The van der Waals surface area contributed by atoms with Crippen LogP contribution in [-0.4, -0.2) is 39.7 Å². The number of carbonyl (C=O) groups is 1. The van der Waals surface area contributed by atoms with Crippen LogP contribution >= 0.6 is 0 Å². The van der Waals surface area contributed by atoms with Crippen LogP contribution in [0.15, 0.2) is 48.7 Å². The first kappa shape index (κ1) is 20.3. The third-order valence-electron chi connectivity index (χ3n) is 5.58. The fourth-order valence-corrected chi connectivity index (χ4v) is 4.00. The lowest BCUT2D eigenvalue weighted by molar-refractivity contribution is 0.0285. The topological polar surface area (TPSA) is 87.2 Å². The van der Waals surface area contributed by atoms with Gasteiger partial charge in [-0.3, -0.25) is 9.78 Å². The van der Waals surface area contributed by atoms with E-state index in [1.165, 1.54) is 0 Å². The summed E-state index contributed by atoms with van der Waals surface area (Å²) < 4.78 is 5.60. The van der Waals surface area contributed by atoms with Gasteiger partial charge in [0, 0.05) is 41.0 Å². The van der Waals surface area contributed by atoms with Gasteiger partial charge in [0.15, 0.2) is 0 Å².